The van der Waals surface area contributed by atoms with E-state index >= 15 is 0 Å². The lowest BCUT2D eigenvalue weighted by atomic mass is 10.1. The lowest BCUT2D eigenvalue weighted by molar-refractivity contribution is -0.120. The molecule has 0 saturated heterocycles. The zero-order valence-corrected chi connectivity index (χ0v) is 20.7. The maximum absolute atomic E-state index is 12.7. The van der Waals surface area contributed by atoms with E-state index < -0.39 is 0 Å². The van der Waals surface area contributed by atoms with Gasteiger partial charge in [-0.3, -0.25) is 4.79 Å². The quantitative estimate of drug-likeness (QED) is 0.299. The van der Waals surface area contributed by atoms with Gasteiger partial charge in [0.2, 0.25) is 5.91 Å². The molecule has 1 amide bonds. The summed E-state index contributed by atoms with van der Waals surface area (Å²) in [5.41, 5.74) is 1.95. The van der Waals surface area contributed by atoms with E-state index in [0.29, 0.717) is 35.7 Å². The molecule has 1 N–H and O–H groups in total. The molecule has 0 fully saturated rings. The molecule has 0 bridgehead atoms. The number of carbonyl (C=O) groups is 1. The monoisotopic (exact) mass is 488 g/mol. The van der Waals surface area contributed by atoms with E-state index in [9.17, 15) is 4.79 Å². The molecule has 9 heteroatoms. The predicted octanol–water partition coefficient (Wildman–Crippen LogP) is 4.48. The topological polar surface area (TPSA) is 78.3 Å². The fourth-order valence-corrected chi connectivity index (χ4v) is 4.38. The van der Waals surface area contributed by atoms with E-state index in [1.165, 1.54) is 11.8 Å². The molecule has 0 radical (unpaired) electrons. The van der Waals surface area contributed by atoms with E-state index in [1.807, 2.05) is 60.0 Å². The van der Waals surface area contributed by atoms with Crippen LogP contribution in [0.25, 0.3) is 11.4 Å². The molecule has 0 aliphatic rings. The minimum Gasteiger partial charge on any atom is -0.497 e. The second kappa shape index (κ2) is 12.6. The molecule has 1 atom stereocenters. The highest BCUT2D eigenvalue weighted by Crippen LogP contribution is 2.31. The van der Waals surface area contributed by atoms with Crippen molar-refractivity contribution in [1.82, 2.24) is 20.1 Å². The number of carbonyl (C=O) groups excluding carboxylic acids is 1. The number of rotatable bonds is 12. The normalized spacial score (nSPS) is 11.9. The molecule has 3 rings (SSSR count). The van der Waals surface area contributed by atoms with Crippen molar-refractivity contribution in [2.45, 2.75) is 36.7 Å². The van der Waals surface area contributed by atoms with Gasteiger partial charge in [0.05, 0.1) is 17.4 Å². The van der Waals surface area contributed by atoms with Crippen LogP contribution in [0.4, 0.5) is 0 Å². The molecule has 0 aliphatic heterocycles. The van der Waals surface area contributed by atoms with E-state index in [1.54, 1.807) is 14.2 Å². The number of aromatic nitrogens is 3. The Morgan fingerprint density at radius 2 is 1.91 bits per heavy atom. The number of benzene rings is 2. The third kappa shape index (κ3) is 6.96. The third-order valence-corrected chi connectivity index (χ3v) is 6.50. The number of nitrogens with zero attached hydrogens (tertiary/aromatic N) is 3. The molecule has 176 valence electrons. The Balaban J connectivity index is 1.64. The molecular weight excluding hydrogens is 460 g/mol. The van der Waals surface area contributed by atoms with Crippen molar-refractivity contribution in [2.75, 3.05) is 27.4 Å². The molecule has 1 aromatic heterocycles. The summed E-state index contributed by atoms with van der Waals surface area (Å²) in [7, 11) is 3.32. The summed E-state index contributed by atoms with van der Waals surface area (Å²) in [6, 6.07) is 15.4. The summed E-state index contributed by atoms with van der Waals surface area (Å²) in [5.74, 6) is 1.46. The number of halogens is 1. The molecule has 3 aromatic rings. The van der Waals surface area contributed by atoms with Crippen LogP contribution in [0.3, 0.4) is 0 Å². The number of ether oxygens (including phenoxy) is 2. The molecular formula is C24H29ClN4O3S. The van der Waals surface area contributed by atoms with Crippen molar-refractivity contribution in [3.8, 4) is 17.1 Å². The smallest absolute Gasteiger partial charge is 0.233 e. The lowest BCUT2D eigenvalue weighted by Gasteiger charge is -2.14. The SMILES string of the molecule is COCCCn1c(SC(C)C(=O)NCCc2ccc(OC)cc2)nnc1-c1ccccc1Cl. The standard InChI is InChI=1S/C24H29ClN4O3S/c1-17(23(30)26-14-13-18-9-11-19(32-3)12-10-18)33-24-28-27-22(29(24)15-6-16-31-2)20-7-4-5-8-21(20)25/h4-5,7-12,17H,6,13-16H2,1-3H3,(H,26,30). The molecule has 2 aromatic carbocycles. The second-order valence-corrected chi connectivity index (χ2v) is 9.15. The Hall–Kier alpha value is -2.55. The fraction of sp³-hybridized carbons (Fsp3) is 0.375. The van der Waals surface area contributed by atoms with Crippen LogP contribution in [0.2, 0.25) is 5.02 Å². The number of thioether (sulfide) groups is 1. The number of hydrogen-bond acceptors (Lipinski definition) is 6. The molecule has 0 aliphatic carbocycles. The van der Waals surface area contributed by atoms with Gasteiger partial charge in [0.25, 0.3) is 0 Å². The second-order valence-electron chi connectivity index (χ2n) is 7.43. The van der Waals surface area contributed by atoms with Crippen LogP contribution < -0.4 is 10.1 Å². The van der Waals surface area contributed by atoms with Crippen LogP contribution in [0.5, 0.6) is 5.75 Å². The van der Waals surface area contributed by atoms with Gasteiger partial charge < -0.3 is 19.4 Å². The Morgan fingerprint density at radius 3 is 2.61 bits per heavy atom. The average molecular weight is 489 g/mol. The van der Waals surface area contributed by atoms with Crippen LogP contribution in [0.1, 0.15) is 18.9 Å². The van der Waals surface area contributed by atoms with Gasteiger partial charge in [-0.2, -0.15) is 0 Å². The van der Waals surface area contributed by atoms with Gasteiger partial charge in [-0.25, -0.2) is 0 Å². The van der Waals surface area contributed by atoms with Crippen molar-refractivity contribution in [2.24, 2.45) is 0 Å². The van der Waals surface area contributed by atoms with E-state index in [2.05, 4.69) is 15.5 Å². The zero-order chi connectivity index (χ0) is 23.6. The van der Waals surface area contributed by atoms with Crippen molar-refractivity contribution in [1.29, 1.82) is 0 Å². The van der Waals surface area contributed by atoms with Gasteiger partial charge in [0.1, 0.15) is 5.75 Å². The van der Waals surface area contributed by atoms with Gasteiger partial charge >= 0.3 is 0 Å². The van der Waals surface area contributed by atoms with Gasteiger partial charge in [-0.1, -0.05) is 47.6 Å². The van der Waals surface area contributed by atoms with Crippen molar-refractivity contribution < 1.29 is 14.3 Å². The molecule has 1 unspecified atom stereocenters. The Kier molecular flexibility index (Phi) is 9.60. The largest absolute Gasteiger partial charge is 0.497 e. The average Bonchev–Trinajstić information content (AvgIpc) is 3.21. The van der Waals surface area contributed by atoms with Crippen LogP contribution in [0, 0.1) is 0 Å². The lowest BCUT2D eigenvalue weighted by Crippen LogP contribution is -2.32. The first-order chi connectivity index (χ1) is 16.0. The highest BCUT2D eigenvalue weighted by atomic mass is 35.5. The summed E-state index contributed by atoms with van der Waals surface area (Å²) in [6.07, 6.45) is 1.54. The minimum atomic E-state index is -0.328. The Morgan fingerprint density at radius 1 is 1.15 bits per heavy atom. The number of hydrogen-bond donors (Lipinski definition) is 1. The van der Waals surface area contributed by atoms with E-state index in [-0.39, 0.29) is 11.2 Å². The van der Waals surface area contributed by atoms with Gasteiger partial charge in [-0.05, 0) is 49.6 Å². The highest BCUT2D eigenvalue weighted by Gasteiger charge is 2.21. The third-order valence-electron chi connectivity index (χ3n) is 5.09. The first-order valence-corrected chi connectivity index (χ1v) is 12.0. The first kappa shape index (κ1) is 25.1. The predicted molar refractivity (Wildman–Crippen MR) is 132 cm³/mol. The molecule has 33 heavy (non-hydrogen) atoms. The number of amides is 1. The fourth-order valence-electron chi connectivity index (χ4n) is 3.26. The van der Waals surface area contributed by atoms with Crippen LogP contribution in [0.15, 0.2) is 53.7 Å². The first-order valence-electron chi connectivity index (χ1n) is 10.8. The summed E-state index contributed by atoms with van der Waals surface area (Å²) in [6.45, 7) is 3.71. The molecule has 1 heterocycles. The van der Waals surface area contributed by atoms with Crippen molar-refractivity contribution in [3.05, 3.63) is 59.1 Å². The van der Waals surface area contributed by atoms with E-state index in [4.69, 9.17) is 21.1 Å². The number of nitrogens with one attached hydrogen (secondary N) is 1. The van der Waals surface area contributed by atoms with Crippen molar-refractivity contribution >= 4 is 29.3 Å². The maximum atomic E-state index is 12.7. The Labute approximate surface area is 203 Å². The van der Waals surface area contributed by atoms with E-state index in [0.717, 1.165) is 29.7 Å². The van der Waals surface area contributed by atoms with Gasteiger partial charge in [0, 0.05) is 32.4 Å². The maximum Gasteiger partial charge on any atom is 0.233 e. The summed E-state index contributed by atoms with van der Waals surface area (Å²) in [4.78, 5) is 12.7. The summed E-state index contributed by atoms with van der Waals surface area (Å²) >= 11 is 7.78. The highest BCUT2D eigenvalue weighted by molar-refractivity contribution is 8.00. The summed E-state index contributed by atoms with van der Waals surface area (Å²) < 4.78 is 12.4. The minimum absolute atomic E-state index is 0.0424. The number of methoxy groups -OCH3 is 2. The van der Waals surface area contributed by atoms with Crippen LogP contribution >= 0.6 is 23.4 Å². The molecule has 0 saturated carbocycles. The van der Waals surface area contributed by atoms with Gasteiger partial charge in [0.15, 0.2) is 11.0 Å². The van der Waals surface area contributed by atoms with Crippen molar-refractivity contribution in [3.63, 3.8) is 0 Å². The Bertz CT molecular complexity index is 1040. The molecule has 0 spiro atoms. The van der Waals surface area contributed by atoms with Crippen LogP contribution in [-0.4, -0.2) is 53.3 Å². The van der Waals surface area contributed by atoms with Crippen LogP contribution in [-0.2, 0) is 22.5 Å². The van der Waals surface area contributed by atoms with Gasteiger partial charge in [-0.15, -0.1) is 10.2 Å². The summed E-state index contributed by atoms with van der Waals surface area (Å²) in [5, 5.41) is 12.7. The zero-order valence-electron chi connectivity index (χ0n) is 19.1. The molecule has 7 nitrogen and oxygen atoms in total.